The van der Waals surface area contributed by atoms with E-state index in [-0.39, 0.29) is 6.42 Å². The molecule has 1 aliphatic rings. The van der Waals surface area contributed by atoms with E-state index in [4.69, 9.17) is 5.11 Å². The minimum absolute atomic E-state index is 0.159. The molecule has 122 valence electrons. The van der Waals surface area contributed by atoms with Gasteiger partial charge < -0.3 is 14.9 Å². The summed E-state index contributed by atoms with van der Waals surface area (Å²) in [5, 5.41) is 8.93. The number of carboxylic acids is 1. The lowest BCUT2D eigenvalue weighted by atomic mass is 10.1. The van der Waals surface area contributed by atoms with Crippen molar-refractivity contribution in [2.24, 2.45) is 5.92 Å². The van der Waals surface area contributed by atoms with Gasteiger partial charge in [-0.05, 0) is 37.3 Å². The summed E-state index contributed by atoms with van der Waals surface area (Å²) in [4.78, 5) is 19.9. The predicted octanol–water partition coefficient (Wildman–Crippen LogP) is 3.01. The monoisotopic (exact) mass is 305 g/mol. The van der Waals surface area contributed by atoms with E-state index in [1.165, 1.54) is 12.8 Å². The van der Waals surface area contributed by atoms with Gasteiger partial charge in [-0.1, -0.05) is 13.8 Å². The molecule has 0 spiro atoms. The number of hydrogen-bond donors (Lipinski definition) is 1. The van der Waals surface area contributed by atoms with Crippen LogP contribution in [0.15, 0.2) is 18.3 Å². The first-order valence-electron chi connectivity index (χ1n) is 8.24. The van der Waals surface area contributed by atoms with Gasteiger partial charge in [-0.15, -0.1) is 0 Å². The van der Waals surface area contributed by atoms with Gasteiger partial charge in [0.1, 0.15) is 5.82 Å². The highest BCUT2D eigenvalue weighted by Crippen LogP contribution is 2.21. The highest BCUT2D eigenvalue weighted by atomic mass is 16.4. The number of aliphatic carboxylic acids is 1. The van der Waals surface area contributed by atoms with E-state index in [2.05, 4.69) is 40.8 Å². The molecule has 0 bridgehead atoms. The summed E-state index contributed by atoms with van der Waals surface area (Å²) in [6.07, 6.45) is 5.57. The molecule has 1 N–H and O–H groups in total. The Morgan fingerprint density at radius 3 is 2.59 bits per heavy atom. The molecule has 5 nitrogen and oxygen atoms in total. The van der Waals surface area contributed by atoms with Crippen molar-refractivity contribution in [1.29, 1.82) is 0 Å². The fourth-order valence-electron chi connectivity index (χ4n) is 2.71. The lowest BCUT2D eigenvalue weighted by molar-refractivity contribution is -0.136. The Hall–Kier alpha value is -1.78. The van der Waals surface area contributed by atoms with E-state index < -0.39 is 5.97 Å². The Bertz CT molecular complexity index is 467. The molecule has 1 aliphatic heterocycles. The summed E-state index contributed by atoms with van der Waals surface area (Å²) >= 11 is 0. The van der Waals surface area contributed by atoms with E-state index in [0.29, 0.717) is 12.5 Å². The summed E-state index contributed by atoms with van der Waals surface area (Å²) < 4.78 is 0. The second kappa shape index (κ2) is 8.01. The number of carbonyl (C=O) groups is 1. The van der Waals surface area contributed by atoms with Crippen LogP contribution in [-0.2, 0) is 4.79 Å². The minimum Gasteiger partial charge on any atom is -0.481 e. The molecule has 1 aromatic heterocycles. The summed E-state index contributed by atoms with van der Waals surface area (Å²) in [7, 11) is 0. The van der Waals surface area contributed by atoms with Crippen molar-refractivity contribution in [2.45, 2.75) is 39.5 Å². The van der Waals surface area contributed by atoms with Gasteiger partial charge in [0.05, 0.1) is 18.3 Å². The number of carboxylic acid groups (broad SMARTS) is 1. The molecule has 1 fully saturated rings. The van der Waals surface area contributed by atoms with Gasteiger partial charge in [0.15, 0.2) is 0 Å². The van der Waals surface area contributed by atoms with Crippen molar-refractivity contribution in [1.82, 2.24) is 4.98 Å². The van der Waals surface area contributed by atoms with Crippen molar-refractivity contribution in [3.05, 3.63) is 18.3 Å². The molecule has 5 heteroatoms. The fourth-order valence-corrected chi connectivity index (χ4v) is 2.71. The molecule has 0 aromatic carbocycles. The molecule has 0 radical (unpaired) electrons. The summed E-state index contributed by atoms with van der Waals surface area (Å²) in [6.45, 7) is 7.95. The smallest absolute Gasteiger partial charge is 0.305 e. The van der Waals surface area contributed by atoms with Crippen molar-refractivity contribution in [2.75, 3.05) is 36.0 Å². The van der Waals surface area contributed by atoms with Crippen LogP contribution in [0.25, 0.3) is 0 Å². The third kappa shape index (κ3) is 4.90. The van der Waals surface area contributed by atoms with E-state index in [0.717, 1.165) is 37.6 Å². The lowest BCUT2D eigenvalue weighted by Gasteiger charge is -2.25. The zero-order valence-corrected chi connectivity index (χ0v) is 13.7. The molecule has 22 heavy (non-hydrogen) atoms. The number of nitrogens with zero attached hydrogens (tertiary/aromatic N) is 3. The van der Waals surface area contributed by atoms with Crippen LogP contribution in [0, 0.1) is 5.92 Å². The van der Waals surface area contributed by atoms with Crippen molar-refractivity contribution >= 4 is 17.5 Å². The number of aromatic nitrogens is 1. The highest BCUT2D eigenvalue weighted by Gasteiger charge is 2.15. The van der Waals surface area contributed by atoms with E-state index in [9.17, 15) is 4.79 Å². The van der Waals surface area contributed by atoms with Gasteiger partial charge in [0.25, 0.3) is 0 Å². The van der Waals surface area contributed by atoms with Crippen LogP contribution in [0.3, 0.4) is 0 Å². The van der Waals surface area contributed by atoms with Gasteiger partial charge in [-0.2, -0.15) is 0 Å². The SMILES string of the molecule is CC(C)CCN(CCC(=O)O)c1ccc(N2CCCC2)nc1. The maximum absolute atomic E-state index is 10.9. The number of pyridine rings is 1. The topological polar surface area (TPSA) is 56.7 Å². The Labute approximate surface area is 132 Å². The molecule has 0 amide bonds. The molecule has 1 saturated heterocycles. The lowest BCUT2D eigenvalue weighted by Crippen LogP contribution is -2.28. The third-order valence-corrected chi connectivity index (χ3v) is 4.10. The van der Waals surface area contributed by atoms with Crippen LogP contribution in [0.4, 0.5) is 11.5 Å². The second-order valence-corrected chi connectivity index (χ2v) is 6.38. The molecular weight excluding hydrogens is 278 g/mol. The van der Waals surface area contributed by atoms with Crippen LogP contribution in [0.5, 0.6) is 0 Å². The number of rotatable bonds is 8. The Balaban J connectivity index is 2.02. The first-order valence-corrected chi connectivity index (χ1v) is 8.24. The minimum atomic E-state index is -0.754. The zero-order chi connectivity index (χ0) is 15.9. The molecule has 2 rings (SSSR count). The van der Waals surface area contributed by atoms with E-state index in [1.54, 1.807) is 0 Å². The Kier molecular flexibility index (Phi) is 6.04. The maximum atomic E-state index is 10.9. The van der Waals surface area contributed by atoms with Gasteiger partial charge >= 0.3 is 5.97 Å². The van der Waals surface area contributed by atoms with Crippen LogP contribution >= 0.6 is 0 Å². The second-order valence-electron chi connectivity index (χ2n) is 6.38. The highest BCUT2D eigenvalue weighted by molar-refractivity contribution is 5.67. The molecular formula is C17H27N3O2. The average Bonchev–Trinajstić information content (AvgIpc) is 3.01. The third-order valence-electron chi connectivity index (χ3n) is 4.10. The van der Waals surface area contributed by atoms with Crippen molar-refractivity contribution < 1.29 is 9.90 Å². The Morgan fingerprint density at radius 2 is 2.05 bits per heavy atom. The van der Waals surface area contributed by atoms with Gasteiger partial charge in [-0.3, -0.25) is 4.79 Å². The summed E-state index contributed by atoms with van der Waals surface area (Å²) in [6, 6.07) is 4.13. The van der Waals surface area contributed by atoms with Gasteiger partial charge in [0, 0.05) is 26.2 Å². The maximum Gasteiger partial charge on any atom is 0.305 e. The normalized spacial score (nSPS) is 14.6. The molecule has 0 unspecified atom stereocenters. The summed E-state index contributed by atoms with van der Waals surface area (Å²) in [5.41, 5.74) is 1.02. The molecule has 0 saturated carbocycles. The fraction of sp³-hybridized carbons (Fsp3) is 0.647. The van der Waals surface area contributed by atoms with Crippen LogP contribution in [0.2, 0.25) is 0 Å². The first kappa shape index (κ1) is 16.6. The van der Waals surface area contributed by atoms with Gasteiger partial charge in [-0.25, -0.2) is 4.98 Å². The zero-order valence-electron chi connectivity index (χ0n) is 13.7. The number of anilines is 2. The van der Waals surface area contributed by atoms with Crippen molar-refractivity contribution in [3.63, 3.8) is 0 Å². The van der Waals surface area contributed by atoms with Gasteiger partial charge in [0.2, 0.25) is 0 Å². The largest absolute Gasteiger partial charge is 0.481 e. The van der Waals surface area contributed by atoms with Crippen LogP contribution in [0.1, 0.15) is 39.5 Å². The van der Waals surface area contributed by atoms with Crippen molar-refractivity contribution in [3.8, 4) is 0 Å². The van der Waals surface area contributed by atoms with E-state index >= 15 is 0 Å². The number of hydrogen-bond acceptors (Lipinski definition) is 4. The van der Waals surface area contributed by atoms with Crippen LogP contribution < -0.4 is 9.80 Å². The summed E-state index contributed by atoms with van der Waals surface area (Å²) in [5.74, 6) is 0.878. The quantitative estimate of drug-likeness (QED) is 0.800. The molecule has 2 heterocycles. The molecule has 0 atom stereocenters. The van der Waals surface area contributed by atoms with Crippen LogP contribution in [-0.4, -0.2) is 42.2 Å². The average molecular weight is 305 g/mol. The molecule has 1 aromatic rings. The standard InChI is InChI=1S/C17H27N3O2/c1-14(2)7-11-19(12-8-17(21)22)15-5-6-16(18-13-15)20-9-3-4-10-20/h5-6,13-14H,3-4,7-12H2,1-2H3,(H,21,22). The first-order chi connectivity index (χ1) is 10.6. The van der Waals surface area contributed by atoms with E-state index in [1.807, 2.05) is 6.20 Å². The molecule has 0 aliphatic carbocycles. The predicted molar refractivity (Wildman–Crippen MR) is 89.6 cm³/mol. The Morgan fingerprint density at radius 1 is 1.32 bits per heavy atom.